The highest BCUT2D eigenvalue weighted by Gasteiger charge is 2.63. The maximum atomic E-state index is 11.5. The van der Waals surface area contributed by atoms with Crippen LogP contribution in [0.5, 0.6) is 0 Å². The highest BCUT2D eigenvalue weighted by atomic mass is 16.4. The summed E-state index contributed by atoms with van der Waals surface area (Å²) in [4.78, 5) is 11.1. The molecule has 160 valence electrons. The Morgan fingerprint density at radius 3 is 2.50 bits per heavy atom. The molecule has 4 saturated carbocycles. The van der Waals surface area contributed by atoms with Crippen molar-refractivity contribution in [2.45, 2.75) is 97.2 Å². The summed E-state index contributed by atoms with van der Waals surface area (Å²) < 4.78 is 0. The molecular formula is C24H40O4. The average molecular weight is 393 g/mol. The van der Waals surface area contributed by atoms with Crippen LogP contribution in [0.25, 0.3) is 0 Å². The van der Waals surface area contributed by atoms with Gasteiger partial charge in [0.2, 0.25) is 0 Å². The van der Waals surface area contributed by atoms with E-state index in [2.05, 4.69) is 20.8 Å². The van der Waals surface area contributed by atoms with Gasteiger partial charge in [0.15, 0.2) is 0 Å². The van der Waals surface area contributed by atoms with Gasteiger partial charge in [-0.3, -0.25) is 4.79 Å². The first-order valence-electron chi connectivity index (χ1n) is 11.8. The van der Waals surface area contributed by atoms with Crippen LogP contribution in [0, 0.1) is 46.3 Å². The molecule has 0 amide bonds. The first kappa shape index (κ1) is 20.7. The van der Waals surface area contributed by atoms with E-state index in [0.717, 1.165) is 38.5 Å². The smallest absolute Gasteiger partial charge is 0.303 e. The van der Waals surface area contributed by atoms with E-state index in [-0.39, 0.29) is 29.5 Å². The van der Waals surface area contributed by atoms with Gasteiger partial charge in [-0.05, 0) is 104 Å². The fraction of sp³-hybridized carbons (Fsp3) is 0.958. The second-order valence-corrected chi connectivity index (χ2v) is 11.3. The molecule has 0 aromatic carbocycles. The molecule has 0 aromatic heterocycles. The second kappa shape index (κ2) is 7.27. The largest absolute Gasteiger partial charge is 0.481 e. The van der Waals surface area contributed by atoms with Crippen molar-refractivity contribution in [1.82, 2.24) is 0 Å². The molecular weight excluding hydrogens is 352 g/mol. The Bertz CT molecular complexity index is 605. The third-order valence-electron chi connectivity index (χ3n) is 10.3. The molecule has 0 aliphatic heterocycles. The van der Waals surface area contributed by atoms with Crippen molar-refractivity contribution in [3.63, 3.8) is 0 Å². The van der Waals surface area contributed by atoms with Crippen LogP contribution >= 0.6 is 0 Å². The SMILES string of the molecule is CC(CCC(=O)O)[C@H]1CCC2C3CCC4CC(O)CC[C@]4(C)C3C[C@H](O)[C@@]21C. The Balaban J connectivity index is 1.56. The van der Waals surface area contributed by atoms with Crippen LogP contribution in [0.15, 0.2) is 0 Å². The van der Waals surface area contributed by atoms with Gasteiger partial charge in [-0.2, -0.15) is 0 Å². The van der Waals surface area contributed by atoms with E-state index >= 15 is 0 Å². The van der Waals surface area contributed by atoms with Crippen molar-refractivity contribution in [2.75, 3.05) is 0 Å². The van der Waals surface area contributed by atoms with Crippen LogP contribution in [0.2, 0.25) is 0 Å². The van der Waals surface area contributed by atoms with Gasteiger partial charge in [0.1, 0.15) is 0 Å². The van der Waals surface area contributed by atoms with Crippen LogP contribution in [-0.2, 0) is 4.79 Å². The summed E-state index contributed by atoms with van der Waals surface area (Å²) >= 11 is 0. The van der Waals surface area contributed by atoms with Gasteiger partial charge in [-0.15, -0.1) is 0 Å². The summed E-state index contributed by atoms with van der Waals surface area (Å²) in [6, 6.07) is 0. The van der Waals surface area contributed by atoms with E-state index in [1.165, 1.54) is 19.3 Å². The number of aliphatic carboxylic acids is 1. The minimum absolute atomic E-state index is 0.0591. The fourth-order valence-electron chi connectivity index (χ4n) is 8.71. The highest BCUT2D eigenvalue weighted by molar-refractivity contribution is 5.66. The maximum Gasteiger partial charge on any atom is 0.303 e. The lowest BCUT2D eigenvalue weighted by atomic mass is 9.43. The molecule has 10 atom stereocenters. The van der Waals surface area contributed by atoms with E-state index in [1.54, 1.807) is 0 Å². The molecule has 0 radical (unpaired) electrons. The molecule has 0 saturated heterocycles. The standard InChI is InChI=1S/C24H40O4/c1-14(4-9-22(27)28)18-7-8-19-17-6-5-15-12-16(25)10-11-23(15,2)20(17)13-21(26)24(18,19)3/h14-21,25-26H,4-13H2,1-3H3,(H,27,28)/t14?,15?,16?,17?,18-,19?,20?,21+,23+,24-/m1/s1. The Morgan fingerprint density at radius 2 is 1.79 bits per heavy atom. The highest BCUT2D eigenvalue weighted by Crippen LogP contribution is 2.68. The summed E-state index contributed by atoms with van der Waals surface area (Å²) in [6.07, 6.45) is 9.26. The molecule has 4 heteroatoms. The minimum Gasteiger partial charge on any atom is -0.481 e. The lowest BCUT2D eigenvalue weighted by molar-refractivity contribution is -0.175. The van der Waals surface area contributed by atoms with Gasteiger partial charge in [-0.1, -0.05) is 20.8 Å². The van der Waals surface area contributed by atoms with E-state index < -0.39 is 5.97 Å². The topological polar surface area (TPSA) is 77.8 Å². The first-order chi connectivity index (χ1) is 13.2. The molecule has 6 unspecified atom stereocenters. The van der Waals surface area contributed by atoms with Crippen LogP contribution in [-0.4, -0.2) is 33.5 Å². The number of hydrogen-bond donors (Lipinski definition) is 3. The predicted molar refractivity (Wildman–Crippen MR) is 109 cm³/mol. The summed E-state index contributed by atoms with van der Waals surface area (Å²) in [5.74, 6) is 2.55. The van der Waals surface area contributed by atoms with Crippen LogP contribution in [0.4, 0.5) is 0 Å². The fourth-order valence-corrected chi connectivity index (χ4v) is 8.71. The first-order valence-corrected chi connectivity index (χ1v) is 11.8. The molecule has 4 aliphatic carbocycles. The lowest BCUT2D eigenvalue weighted by Gasteiger charge is -2.62. The quantitative estimate of drug-likeness (QED) is 0.659. The van der Waals surface area contributed by atoms with Gasteiger partial charge in [0.25, 0.3) is 0 Å². The summed E-state index contributed by atoms with van der Waals surface area (Å²) in [5, 5.41) is 30.8. The summed E-state index contributed by atoms with van der Waals surface area (Å²) in [5.41, 5.74) is 0.216. The maximum absolute atomic E-state index is 11.5. The molecule has 0 heterocycles. The molecule has 28 heavy (non-hydrogen) atoms. The number of fused-ring (bicyclic) bond motifs is 5. The zero-order valence-electron chi connectivity index (χ0n) is 17.9. The summed E-state index contributed by atoms with van der Waals surface area (Å²) in [7, 11) is 0. The lowest BCUT2D eigenvalue weighted by Crippen LogP contribution is -2.58. The van der Waals surface area contributed by atoms with E-state index in [0.29, 0.717) is 35.5 Å². The zero-order chi connectivity index (χ0) is 20.3. The number of carbonyl (C=O) groups is 1. The van der Waals surface area contributed by atoms with Gasteiger partial charge >= 0.3 is 5.97 Å². The molecule has 0 bridgehead atoms. The Hall–Kier alpha value is -0.610. The molecule has 4 nitrogen and oxygen atoms in total. The van der Waals surface area contributed by atoms with E-state index in [1.807, 2.05) is 0 Å². The second-order valence-electron chi connectivity index (χ2n) is 11.3. The Kier molecular flexibility index (Phi) is 5.36. The average Bonchev–Trinajstić information content (AvgIpc) is 3.00. The van der Waals surface area contributed by atoms with E-state index in [9.17, 15) is 15.0 Å². The van der Waals surface area contributed by atoms with Crippen LogP contribution < -0.4 is 0 Å². The van der Waals surface area contributed by atoms with Crippen molar-refractivity contribution < 1.29 is 20.1 Å². The van der Waals surface area contributed by atoms with Crippen LogP contribution in [0.3, 0.4) is 0 Å². The Morgan fingerprint density at radius 1 is 1.04 bits per heavy atom. The van der Waals surface area contributed by atoms with Crippen molar-refractivity contribution in [2.24, 2.45) is 46.3 Å². The van der Waals surface area contributed by atoms with Gasteiger partial charge in [-0.25, -0.2) is 0 Å². The van der Waals surface area contributed by atoms with Crippen molar-refractivity contribution in [1.29, 1.82) is 0 Å². The van der Waals surface area contributed by atoms with Gasteiger partial charge < -0.3 is 15.3 Å². The third kappa shape index (κ3) is 3.05. The van der Waals surface area contributed by atoms with Crippen molar-refractivity contribution >= 4 is 5.97 Å². The van der Waals surface area contributed by atoms with Crippen LogP contribution in [0.1, 0.15) is 85.0 Å². The Labute approximate surface area is 170 Å². The molecule has 3 N–H and O–H groups in total. The number of aliphatic hydroxyl groups is 2. The zero-order valence-corrected chi connectivity index (χ0v) is 17.9. The predicted octanol–water partition coefficient (Wildman–Crippen LogP) is 4.48. The monoisotopic (exact) mass is 392 g/mol. The number of hydrogen-bond acceptors (Lipinski definition) is 3. The molecule has 0 spiro atoms. The summed E-state index contributed by atoms with van der Waals surface area (Å²) in [6.45, 7) is 6.99. The van der Waals surface area contributed by atoms with Gasteiger partial charge in [0, 0.05) is 6.42 Å². The number of carboxylic acid groups (broad SMARTS) is 1. The number of rotatable bonds is 4. The third-order valence-corrected chi connectivity index (χ3v) is 10.3. The normalized spacial score (nSPS) is 51.7. The minimum atomic E-state index is -0.707. The van der Waals surface area contributed by atoms with Crippen molar-refractivity contribution in [3.05, 3.63) is 0 Å². The molecule has 4 aliphatic rings. The van der Waals surface area contributed by atoms with Crippen molar-refractivity contribution in [3.8, 4) is 0 Å². The number of carboxylic acids is 1. The van der Waals surface area contributed by atoms with E-state index in [4.69, 9.17) is 5.11 Å². The molecule has 0 aromatic rings. The number of aliphatic hydroxyl groups excluding tert-OH is 2. The molecule has 4 fully saturated rings. The molecule has 4 rings (SSSR count). The van der Waals surface area contributed by atoms with Gasteiger partial charge in [0.05, 0.1) is 12.2 Å².